The van der Waals surface area contributed by atoms with Gasteiger partial charge in [-0.2, -0.15) is 0 Å². The Hall–Kier alpha value is -2.78. The van der Waals surface area contributed by atoms with E-state index in [0.29, 0.717) is 38.8 Å². The van der Waals surface area contributed by atoms with Crippen molar-refractivity contribution in [1.29, 1.82) is 0 Å². The quantitative estimate of drug-likeness (QED) is 0.139. The lowest BCUT2D eigenvalue weighted by molar-refractivity contribution is -0.143. The molecular weight excluding hydrogens is 595 g/mol. The molecule has 11 heteroatoms. The summed E-state index contributed by atoms with van der Waals surface area (Å²) >= 11 is 18.4. The number of imidazole rings is 1. The van der Waals surface area contributed by atoms with Crippen molar-refractivity contribution in [3.05, 3.63) is 77.1 Å². The topological polar surface area (TPSA) is 98.4 Å². The van der Waals surface area contributed by atoms with Crippen LogP contribution in [0.2, 0.25) is 5.02 Å². The average Bonchev–Trinajstić information content (AvgIpc) is 3.62. The fourth-order valence-corrected chi connectivity index (χ4v) is 6.82. The molecule has 1 unspecified atom stereocenters. The van der Waals surface area contributed by atoms with E-state index in [1.165, 1.54) is 0 Å². The van der Waals surface area contributed by atoms with Crippen LogP contribution in [0.3, 0.4) is 0 Å². The number of esters is 1. The third-order valence-electron chi connectivity index (χ3n) is 6.78. The van der Waals surface area contributed by atoms with Gasteiger partial charge < -0.3 is 14.5 Å². The van der Waals surface area contributed by atoms with Crippen LogP contribution in [-0.4, -0.2) is 41.7 Å². The van der Waals surface area contributed by atoms with Gasteiger partial charge in [0.25, 0.3) is 0 Å². The summed E-state index contributed by atoms with van der Waals surface area (Å²) in [5.41, 5.74) is 3.39. The standard InChI is InChI=1S/C29H27Cl3N2O5S/c1-2-38-27(35)14-21(18-9-11-19(12-10-18)40(36,37)16-17-7-8-17)28-33-24-13-22(23(30)15-25(24)34-28)20-5-3-4-6-26(20)39-29(31)32/h3-6,9-13,15,17,21,29H,2,7-8,14,16H2,1H3,(H,33,34). The number of hydrogen-bond donors (Lipinski definition) is 1. The van der Waals surface area contributed by atoms with Crippen LogP contribution in [0.15, 0.2) is 65.6 Å². The minimum absolute atomic E-state index is 0.0198. The zero-order chi connectivity index (χ0) is 28.4. The summed E-state index contributed by atoms with van der Waals surface area (Å²) in [4.78, 5) is 20.9. The number of aromatic nitrogens is 2. The van der Waals surface area contributed by atoms with Crippen LogP contribution >= 0.6 is 34.8 Å². The number of nitrogens with one attached hydrogen (secondary N) is 1. The molecule has 1 atom stereocenters. The van der Waals surface area contributed by atoms with Crippen molar-refractivity contribution in [2.24, 2.45) is 5.92 Å². The van der Waals surface area contributed by atoms with Crippen molar-refractivity contribution < 1.29 is 22.7 Å². The maximum Gasteiger partial charge on any atom is 0.306 e. The van der Waals surface area contributed by atoms with Crippen LogP contribution in [0.5, 0.6) is 5.75 Å². The van der Waals surface area contributed by atoms with E-state index in [9.17, 15) is 13.2 Å². The van der Waals surface area contributed by atoms with Crippen LogP contribution in [0, 0.1) is 5.92 Å². The number of sulfone groups is 1. The number of rotatable bonds is 11. The maximum absolute atomic E-state index is 12.7. The molecule has 0 saturated heterocycles. The number of carbonyl (C=O) groups is 1. The van der Waals surface area contributed by atoms with Crippen LogP contribution in [-0.2, 0) is 19.4 Å². The Balaban J connectivity index is 1.52. The molecule has 3 aromatic carbocycles. The number of ether oxygens (including phenoxy) is 2. The van der Waals surface area contributed by atoms with E-state index in [2.05, 4.69) is 4.98 Å². The summed E-state index contributed by atoms with van der Waals surface area (Å²) in [6, 6.07) is 17.5. The van der Waals surface area contributed by atoms with Gasteiger partial charge in [0.15, 0.2) is 9.84 Å². The number of alkyl halides is 2. The molecule has 7 nitrogen and oxygen atoms in total. The Morgan fingerprint density at radius 2 is 1.80 bits per heavy atom. The number of halogens is 3. The minimum atomic E-state index is -3.36. The first-order valence-corrected chi connectivity index (χ1v) is 15.8. The summed E-state index contributed by atoms with van der Waals surface area (Å²) in [5, 5.41) is -0.606. The Labute approximate surface area is 247 Å². The molecule has 0 bridgehead atoms. The zero-order valence-electron chi connectivity index (χ0n) is 21.6. The van der Waals surface area contributed by atoms with Gasteiger partial charge in [0.05, 0.1) is 45.6 Å². The fourth-order valence-electron chi connectivity index (χ4n) is 4.67. The van der Waals surface area contributed by atoms with E-state index < -0.39 is 20.8 Å². The second kappa shape index (κ2) is 12.0. The molecule has 1 aromatic heterocycles. The number of benzene rings is 3. The van der Waals surface area contributed by atoms with Crippen LogP contribution in [0.1, 0.15) is 43.5 Å². The van der Waals surface area contributed by atoms with Crippen molar-refractivity contribution in [3.8, 4) is 16.9 Å². The van der Waals surface area contributed by atoms with E-state index in [-0.39, 0.29) is 35.6 Å². The predicted octanol–water partition coefficient (Wildman–Crippen LogP) is 7.29. The Morgan fingerprint density at radius 3 is 2.48 bits per heavy atom. The van der Waals surface area contributed by atoms with Gasteiger partial charge >= 0.3 is 5.97 Å². The van der Waals surface area contributed by atoms with Crippen LogP contribution in [0.4, 0.5) is 0 Å². The first kappa shape index (κ1) is 28.7. The summed E-state index contributed by atoms with van der Waals surface area (Å²) in [6.45, 7) is 1.99. The van der Waals surface area contributed by atoms with Crippen LogP contribution in [0.25, 0.3) is 22.2 Å². The number of para-hydroxylation sites is 1. The molecule has 0 aliphatic heterocycles. The number of nitrogens with zero attached hydrogens (tertiary/aromatic N) is 1. The van der Waals surface area contributed by atoms with E-state index in [4.69, 9.17) is 49.3 Å². The van der Waals surface area contributed by atoms with Gasteiger partial charge in [-0.25, -0.2) is 13.4 Å². The molecule has 1 heterocycles. The zero-order valence-corrected chi connectivity index (χ0v) is 24.7. The van der Waals surface area contributed by atoms with Crippen molar-refractivity contribution in [3.63, 3.8) is 0 Å². The molecular formula is C29H27Cl3N2O5S. The van der Waals surface area contributed by atoms with Crippen molar-refractivity contribution in [2.75, 3.05) is 12.4 Å². The molecule has 1 saturated carbocycles. The van der Waals surface area contributed by atoms with Gasteiger partial charge in [0.2, 0.25) is 5.02 Å². The average molecular weight is 622 g/mol. The van der Waals surface area contributed by atoms with Crippen molar-refractivity contribution in [2.45, 2.75) is 42.0 Å². The molecule has 5 rings (SSSR count). The highest BCUT2D eigenvalue weighted by atomic mass is 35.5. The van der Waals surface area contributed by atoms with E-state index in [1.807, 2.05) is 18.2 Å². The Kier molecular flexibility index (Phi) is 8.61. The lowest BCUT2D eigenvalue weighted by Gasteiger charge is -2.15. The summed E-state index contributed by atoms with van der Waals surface area (Å²) in [7, 11) is -3.36. The van der Waals surface area contributed by atoms with Gasteiger partial charge in [-0.05, 0) is 61.6 Å². The normalized spacial score (nSPS) is 14.4. The number of fused-ring (bicyclic) bond motifs is 1. The second-order valence-corrected chi connectivity index (χ2v) is 13.2. The minimum Gasteiger partial charge on any atom is -0.466 e. The molecule has 0 radical (unpaired) electrons. The lowest BCUT2D eigenvalue weighted by Crippen LogP contribution is -2.13. The molecule has 4 aromatic rings. The number of carbonyl (C=O) groups excluding carboxylic acids is 1. The van der Waals surface area contributed by atoms with Gasteiger partial charge in [0.1, 0.15) is 11.6 Å². The van der Waals surface area contributed by atoms with E-state index in [1.54, 1.807) is 49.4 Å². The molecule has 40 heavy (non-hydrogen) atoms. The van der Waals surface area contributed by atoms with Gasteiger partial charge in [-0.15, -0.1) is 0 Å². The van der Waals surface area contributed by atoms with E-state index >= 15 is 0 Å². The molecule has 210 valence electrons. The van der Waals surface area contributed by atoms with Crippen molar-refractivity contribution in [1.82, 2.24) is 9.97 Å². The molecule has 1 aliphatic carbocycles. The Bertz CT molecular complexity index is 1630. The van der Waals surface area contributed by atoms with Gasteiger partial charge in [0, 0.05) is 11.1 Å². The lowest BCUT2D eigenvalue weighted by atomic mass is 9.95. The highest BCUT2D eigenvalue weighted by Crippen LogP contribution is 2.39. The van der Waals surface area contributed by atoms with E-state index in [0.717, 1.165) is 18.4 Å². The second-order valence-electron chi connectivity index (χ2n) is 9.70. The number of aromatic amines is 1. The van der Waals surface area contributed by atoms with Crippen molar-refractivity contribution >= 4 is 61.6 Å². The fraction of sp³-hybridized carbons (Fsp3) is 0.310. The van der Waals surface area contributed by atoms with Gasteiger partial charge in [-0.1, -0.05) is 65.1 Å². The maximum atomic E-state index is 12.7. The third kappa shape index (κ3) is 6.57. The predicted molar refractivity (Wildman–Crippen MR) is 157 cm³/mol. The third-order valence-corrected chi connectivity index (χ3v) is 9.17. The first-order valence-electron chi connectivity index (χ1n) is 12.9. The summed E-state index contributed by atoms with van der Waals surface area (Å²) in [6.07, 6.45) is 1.93. The summed E-state index contributed by atoms with van der Waals surface area (Å²) < 4.78 is 36.3. The number of hydrogen-bond acceptors (Lipinski definition) is 6. The summed E-state index contributed by atoms with van der Waals surface area (Å²) in [5.74, 6) is 0.508. The molecule has 1 N–H and O–H groups in total. The monoisotopic (exact) mass is 620 g/mol. The SMILES string of the molecule is CCOC(=O)CC(c1ccc(S(=O)(=O)CC2CC2)cc1)c1nc2cc(-c3ccccc3OC(Cl)Cl)c(Cl)cc2[nH]1. The molecule has 1 fully saturated rings. The van der Waals surface area contributed by atoms with Gasteiger partial charge in [-0.3, -0.25) is 4.79 Å². The number of H-pyrrole nitrogens is 1. The highest BCUT2D eigenvalue weighted by Gasteiger charge is 2.30. The molecule has 0 amide bonds. The van der Waals surface area contributed by atoms with Crippen LogP contribution < -0.4 is 4.74 Å². The smallest absolute Gasteiger partial charge is 0.306 e. The Morgan fingerprint density at radius 1 is 1.07 bits per heavy atom. The molecule has 0 spiro atoms. The largest absolute Gasteiger partial charge is 0.466 e. The highest BCUT2D eigenvalue weighted by molar-refractivity contribution is 7.91. The first-order chi connectivity index (χ1) is 19.1. The molecule has 1 aliphatic rings.